The second-order valence-corrected chi connectivity index (χ2v) is 1.13. The Morgan fingerprint density at radius 2 is 1.50 bits per heavy atom. The summed E-state index contributed by atoms with van der Waals surface area (Å²) in [5, 5.41) is 7.32. The van der Waals surface area contributed by atoms with Gasteiger partial charge in [-0.3, -0.25) is 0 Å². The minimum Gasteiger partial charge on any atom is -0.300 e. The molecule has 0 unspecified atom stereocenters. The molecule has 0 aliphatic rings. The maximum Gasteiger partial charge on any atom is 0.126 e. The molecule has 51 valence electrons. The van der Waals surface area contributed by atoms with Gasteiger partial charge in [0.05, 0.1) is 6.07 Å². The van der Waals surface area contributed by atoms with Gasteiger partial charge >= 0.3 is 0 Å². The summed E-state index contributed by atoms with van der Waals surface area (Å²) in [5.41, 5.74) is 0. The monoisotopic (exact) mass is 162 g/mol. The fourth-order valence-electron chi connectivity index (χ4n) is 0. The van der Waals surface area contributed by atoms with Crippen LogP contribution in [-0.4, -0.2) is 5.78 Å². The summed E-state index contributed by atoms with van der Waals surface area (Å²) in [6.07, 6.45) is 0. The molecule has 0 saturated heterocycles. The van der Waals surface area contributed by atoms with Gasteiger partial charge in [-0.2, -0.15) is 5.26 Å². The molecule has 0 amide bonds. The maximum absolute atomic E-state index is 9.44. The molecule has 0 aromatic carbocycles. The molecule has 3 heteroatoms. The first-order chi connectivity index (χ1) is 3.15. The van der Waals surface area contributed by atoms with Crippen LogP contribution in [-0.2, 0) is 21.9 Å². The number of nitriles is 1. The van der Waals surface area contributed by atoms with E-state index in [2.05, 4.69) is 0 Å². The van der Waals surface area contributed by atoms with E-state index < -0.39 is 0 Å². The van der Waals surface area contributed by atoms with Crippen LogP contribution in [0.4, 0.5) is 0 Å². The number of ketones is 1. The third kappa shape index (κ3) is 1210. The normalized spacial score (nSPS) is 4.25. The number of rotatable bonds is 0. The van der Waals surface area contributed by atoms with Crippen molar-refractivity contribution in [2.24, 2.45) is 0 Å². The molecule has 0 aromatic heterocycles. The van der Waals surface area contributed by atoms with Crippen LogP contribution in [0, 0.1) is 11.3 Å². The van der Waals surface area contributed by atoms with Crippen LogP contribution >= 0.6 is 0 Å². The van der Waals surface area contributed by atoms with Gasteiger partial charge in [0.25, 0.3) is 0 Å². The molecule has 2 nitrogen and oxygen atoms in total. The number of hydrogen-bond acceptors (Lipinski definition) is 2. The third-order valence-electron chi connectivity index (χ3n) is 0. The number of nitrogens with zero attached hydrogens (tertiary/aromatic N) is 1. The Labute approximate surface area is 60.4 Å². The number of hydrogen-bond donors (Lipinski definition) is 0. The van der Waals surface area contributed by atoms with Crippen molar-refractivity contribution in [2.75, 3.05) is 0 Å². The van der Waals surface area contributed by atoms with Crippen LogP contribution in [0.2, 0.25) is 0 Å². The van der Waals surface area contributed by atoms with Crippen LogP contribution in [0.25, 0.3) is 0 Å². The van der Waals surface area contributed by atoms with Gasteiger partial charge in [0, 0.05) is 24.0 Å². The second kappa shape index (κ2) is 15.9. The SMILES string of the molecule is CC#N.CC(C)=O.[Cu]. The molecule has 0 rings (SSSR count). The zero-order chi connectivity index (χ0) is 6.28. The molecule has 1 radical (unpaired) electrons. The van der Waals surface area contributed by atoms with Gasteiger partial charge in [-0.15, -0.1) is 0 Å². The van der Waals surface area contributed by atoms with Gasteiger partial charge < -0.3 is 4.79 Å². The molecule has 0 spiro atoms. The molecule has 0 saturated carbocycles. The van der Waals surface area contributed by atoms with Crippen molar-refractivity contribution < 1.29 is 21.9 Å². The Bertz CT molecular complexity index is 80.9. The van der Waals surface area contributed by atoms with Crippen molar-refractivity contribution in [1.82, 2.24) is 0 Å². The topological polar surface area (TPSA) is 40.9 Å². The molecule has 0 aliphatic heterocycles. The average Bonchev–Trinajstić information content (AvgIpc) is 1.33. The summed E-state index contributed by atoms with van der Waals surface area (Å²) in [6, 6.07) is 1.75. The molecule has 0 aliphatic carbocycles. The quantitative estimate of drug-likeness (QED) is 0.501. The van der Waals surface area contributed by atoms with Crippen molar-refractivity contribution in [3.8, 4) is 6.07 Å². The van der Waals surface area contributed by atoms with Gasteiger partial charge in [0.15, 0.2) is 0 Å². The summed E-state index contributed by atoms with van der Waals surface area (Å²) in [4.78, 5) is 9.44. The molecular formula is C5H9CuNO. The van der Waals surface area contributed by atoms with Crippen LogP contribution in [0.3, 0.4) is 0 Å². The van der Waals surface area contributed by atoms with Crippen LogP contribution < -0.4 is 0 Å². The average molecular weight is 163 g/mol. The molecular weight excluding hydrogens is 154 g/mol. The zero-order valence-electron chi connectivity index (χ0n) is 5.16. The molecule has 0 bridgehead atoms. The summed E-state index contributed by atoms with van der Waals surface area (Å²) >= 11 is 0. The Morgan fingerprint density at radius 3 is 1.50 bits per heavy atom. The fraction of sp³-hybridized carbons (Fsp3) is 0.600. The van der Waals surface area contributed by atoms with Crippen molar-refractivity contribution >= 4 is 5.78 Å². The van der Waals surface area contributed by atoms with Gasteiger partial charge in [0.1, 0.15) is 5.78 Å². The summed E-state index contributed by atoms with van der Waals surface area (Å²) < 4.78 is 0. The van der Waals surface area contributed by atoms with E-state index in [0.717, 1.165) is 0 Å². The van der Waals surface area contributed by atoms with Gasteiger partial charge in [-0.25, -0.2) is 0 Å². The Kier molecular flexibility index (Phi) is 31.1. The Balaban J connectivity index is -0.0000000575. The first-order valence-corrected chi connectivity index (χ1v) is 1.93. The predicted octanol–water partition coefficient (Wildman–Crippen LogP) is 1.12. The minimum atomic E-state index is 0. The summed E-state index contributed by atoms with van der Waals surface area (Å²) in [5.74, 6) is 0.167. The van der Waals surface area contributed by atoms with E-state index >= 15 is 0 Å². The number of carbonyl (C=O) groups is 1. The van der Waals surface area contributed by atoms with Gasteiger partial charge in [0.2, 0.25) is 0 Å². The minimum absolute atomic E-state index is 0. The van der Waals surface area contributed by atoms with Crippen LogP contribution in [0.1, 0.15) is 20.8 Å². The van der Waals surface area contributed by atoms with E-state index in [9.17, 15) is 4.79 Å². The molecule has 0 atom stereocenters. The first kappa shape index (κ1) is 15.6. The maximum atomic E-state index is 9.44. The molecule has 0 fully saturated rings. The van der Waals surface area contributed by atoms with E-state index in [1.165, 1.54) is 20.8 Å². The molecule has 0 heterocycles. The zero-order valence-corrected chi connectivity index (χ0v) is 6.10. The third-order valence-corrected chi connectivity index (χ3v) is 0. The van der Waals surface area contributed by atoms with Gasteiger partial charge in [-0.1, -0.05) is 0 Å². The van der Waals surface area contributed by atoms with Crippen molar-refractivity contribution in [2.45, 2.75) is 20.8 Å². The van der Waals surface area contributed by atoms with Crippen molar-refractivity contribution in [3.63, 3.8) is 0 Å². The van der Waals surface area contributed by atoms with Crippen LogP contribution in [0.15, 0.2) is 0 Å². The molecule has 8 heavy (non-hydrogen) atoms. The molecule has 0 N–H and O–H groups in total. The first-order valence-electron chi connectivity index (χ1n) is 1.93. The largest absolute Gasteiger partial charge is 0.300 e. The van der Waals surface area contributed by atoms with Gasteiger partial charge in [-0.05, 0) is 13.8 Å². The summed E-state index contributed by atoms with van der Waals surface area (Å²) in [7, 11) is 0. The standard InChI is InChI=1S/C3H6O.C2H3N.Cu/c1-3(2)4;1-2-3;/h1-2H3;1H3;. The van der Waals surface area contributed by atoms with Crippen molar-refractivity contribution in [3.05, 3.63) is 0 Å². The smallest absolute Gasteiger partial charge is 0.126 e. The fourth-order valence-corrected chi connectivity index (χ4v) is 0. The van der Waals surface area contributed by atoms with Crippen molar-refractivity contribution in [1.29, 1.82) is 5.26 Å². The van der Waals surface area contributed by atoms with E-state index in [-0.39, 0.29) is 22.9 Å². The number of Topliss-reactive ketones (excluding diaryl/α,β-unsaturated/α-hetero) is 1. The predicted molar refractivity (Wildman–Crippen MR) is 27.6 cm³/mol. The van der Waals surface area contributed by atoms with E-state index in [4.69, 9.17) is 5.26 Å². The number of carbonyl (C=O) groups excluding carboxylic acids is 1. The van der Waals surface area contributed by atoms with E-state index in [1.54, 1.807) is 6.07 Å². The molecule has 0 aromatic rings. The van der Waals surface area contributed by atoms with E-state index in [0.29, 0.717) is 0 Å². The summed E-state index contributed by atoms with van der Waals surface area (Å²) in [6.45, 7) is 4.49. The second-order valence-electron chi connectivity index (χ2n) is 1.13. The Morgan fingerprint density at radius 1 is 1.50 bits per heavy atom. The van der Waals surface area contributed by atoms with Crippen LogP contribution in [0.5, 0.6) is 0 Å². The van der Waals surface area contributed by atoms with E-state index in [1.807, 2.05) is 0 Å². The Hall–Kier alpha value is -0.321.